The molecule has 5 nitrogen and oxygen atoms in total. The van der Waals surface area contributed by atoms with Crippen LogP contribution in [0.2, 0.25) is 0 Å². The number of nitrogens with two attached hydrogens (primary N) is 2. The number of hydrogen-bond donors (Lipinski definition) is 2. The van der Waals surface area contributed by atoms with Gasteiger partial charge in [0.25, 0.3) is 0 Å². The van der Waals surface area contributed by atoms with Crippen molar-refractivity contribution in [2.75, 3.05) is 5.73 Å². The molecule has 0 fully saturated rings. The van der Waals surface area contributed by atoms with Crippen LogP contribution in [0, 0.1) is 0 Å². The van der Waals surface area contributed by atoms with E-state index in [2.05, 4.69) is 9.72 Å². The van der Waals surface area contributed by atoms with Gasteiger partial charge in [-0.2, -0.15) is 0 Å². The molecule has 1 rings (SSSR count). The monoisotopic (exact) mass is 235 g/mol. The zero-order valence-electron chi connectivity index (χ0n) is 7.91. The summed E-state index contributed by atoms with van der Waals surface area (Å²) in [6, 6.07) is 0. The number of halogens is 3. The quantitative estimate of drug-likeness (QED) is 0.757. The Kier molecular flexibility index (Phi) is 3.33. The fraction of sp³-hybridized carbons (Fsp3) is 0.250. The first-order chi connectivity index (χ1) is 7.39. The van der Waals surface area contributed by atoms with E-state index in [1.165, 1.54) is 0 Å². The van der Waals surface area contributed by atoms with Crippen molar-refractivity contribution in [1.29, 1.82) is 0 Å². The molecule has 0 saturated carbocycles. The highest BCUT2D eigenvalue weighted by atomic mass is 19.4. The van der Waals surface area contributed by atoms with Crippen molar-refractivity contribution in [3.63, 3.8) is 0 Å². The predicted molar refractivity (Wildman–Crippen MR) is 48.6 cm³/mol. The molecular weight excluding hydrogens is 227 g/mol. The molecule has 1 aromatic rings. The van der Waals surface area contributed by atoms with Crippen LogP contribution < -0.4 is 16.2 Å². The van der Waals surface area contributed by atoms with E-state index in [1.807, 2.05) is 0 Å². The summed E-state index contributed by atoms with van der Waals surface area (Å²) in [5.74, 6) is -0.723. The molecule has 8 heteroatoms. The van der Waals surface area contributed by atoms with E-state index in [4.69, 9.17) is 11.5 Å². The highest BCUT2D eigenvalue weighted by Gasteiger charge is 2.33. The number of alkyl halides is 3. The molecule has 0 aromatic carbocycles. The molecule has 0 unspecified atom stereocenters. The maximum absolute atomic E-state index is 12.0. The number of aldehydes is 1. The van der Waals surface area contributed by atoms with E-state index >= 15 is 0 Å². The molecule has 0 bridgehead atoms. The van der Waals surface area contributed by atoms with Gasteiger partial charge in [-0.05, 0) is 0 Å². The van der Waals surface area contributed by atoms with Gasteiger partial charge in [0.1, 0.15) is 0 Å². The fourth-order valence-electron chi connectivity index (χ4n) is 1.03. The zero-order valence-corrected chi connectivity index (χ0v) is 7.91. The van der Waals surface area contributed by atoms with Crippen LogP contribution in [0.1, 0.15) is 16.1 Å². The Hall–Kier alpha value is -1.83. The second-order valence-corrected chi connectivity index (χ2v) is 2.77. The normalized spacial score (nSPS) is 11.2. The average Bonchev–Trinajstić information content (AvgIpc) is 2.19. The first-order valence-electron chi connectivity index (χ1n) is 4.07. The second-order valence-electron chi connectivity index (χ2n) is 2.77. The summed E-state index contributed by atoms with van der Waals surface area (Å²) in [5, 5.41) is 0. The Labute approximate surface area is 88.2 Å². The largest absolute Gasteiger partial charge is 0.573 e. The number of ether oxygens (including phenoxy) is 1. The summed E-state index contributed by atoms with van der Waals surface area (Å²) in [6.07, 6.45) is -3.60. The third-order valence-electron chi connectivity index (χ3n) is 1.72. The van der Waals surface area contributed by atoms with Gasteiger partial charge in [-0.1, -0.05) is 0 Å². The van der Waals surface area contributed by atoms with Gasteiger partial charge in [0.15, 0.2) is 12.0 Å². The first-order valence-corrected chi connectivity index (χ1v) is 4.07. The van der Waals surface area contributed by atoms with E-state index in [0.717, 1.165) is 6.20 Å². The highest BCUT2D eigenvalue weighted by molar-refractivity contribution is 5.85. The maximum Gasteiger partial charge on any atom is 0.573 e. The molecule has 4 N–H and O–H groups in total. The minimum Gasteiger partial charge on any atom is -0.402 e. The van der Waals surface area contributed by atoms with E-state index < -0.39 is 17.8 Å². The van der Waals surface area contributed by atoms with Crippen molar-refractivity contribution in [2.24, 2.45) is 5.73 Å². The summed E-state index contributed by atoms with van der Waals surface area (Å²) in [7, 11) is 0. The second kappa shape index (κ2) is 4.35. The number of nitrogens with zero attached hydrogens (tertiary/aromatic N) is 1. The number of aromatic nitrogens is 1. The molecule has 0 radical (unpaired) electrons. The molecule has 0 spiro atoms. The summed E-state index contributed by atoms with van der Waals surface area (Å²) in [4.78, 5) is 14.0. The Morgan fingerprint density at radius 1 is 1.50 bits per heavy atom. The van der Waals surface area contributed by atoms with Gasteiger partial charge < -0.3 is 16.2 Å². The van der Waals surface area contributed by atoms with Gasteiger partial charge in [0.2, 0.25) is 0 Å². The van der Waals surface area contributed by atoms with Gasteiger partial charge in [0.05, 0.1) is 16.9 Å². The predicted octanol–water partition coefficient (Wildman–Crippen LogP) is 0.834. The van der Waals surface area contributed by atoms with Crippen LogP contribution in [-0.4, -0.2) is 17.6 Å². The molecule has 0 atom stereocenters. The fourth-order valence-corrected chi connectivity index (χ4v) is 1.03. The Balaban J connectivity index is 3.26. The van der Waals surface area contributed by atoms with Crippen molar-refractivity contribution in [3.05, 3.63) is 17.5 Å². The van der Waals surface area contributed by atoms with Crippen molar-refractivity contribution in [1.82, 2.24) is 4.98 Å². The van der Waals surface area contributed by atoms with Gasteiger partial charge in [-0.15, -0.1) is 13.2 Å². The number of hydrogen-bond acceptors (Lipinski definition) is 5. The number of nitrogen functional groups attached to an aromatic ring is 1. The van der Waals surface area contributed by atoms with Crippen LogP contribution in [0.25, 0.3) is 0 Å². The topological polar surface area (TPSA) is 91.2 Å². The maximum atomic E-state index is 12.0. The third kappa shape index (κ3) is 2.60. The van der Waals surface area contributed by atoms with Gasteiger partial charge >= 0.3 is 6.36 Å². The van der Waals surface area contributed by atoms with Gasteiger partial charge in [-0.25, -0.2) is 0 Å². The lowest BCUT2D eigenvalue weighted by Gasteiger charge is -2.14. The van der Waals surface area contributed by atoms with Gasteiger partial charge in [0, 0.05) is 12.7 Å². The number of carbonyl (C=O) groups is 1. The van der Waals surface area contributed by atoms with Crippen LogP contribution in [0.3, 0.4) is 0 Å². The van der Waals surface area contributed by atoms with E-state index in [0.29, 0.717) is 0 Å². The summed E-state index contributed by atoms with van der Waals surface area (Å²) < 4.78 is 39.8. The standard InChI is InChI=1S/C8H8F3N3O2/c9-8(10,11)16-7-5(1-12)14-2-4(3-15)6(7)13/h2-3H,1,12H2,(H2,13,14). The van der Waals surface area contributed by atoms with E-state index in [9.17, 15) is 18.0 Å². The summed E-state index contributed by atoms with van der Waals surface area (Å²) in [5.41, 5.74) is 9.72. The van der Waals surface area contributed by atoms with Crippen LogP contribution in [0.15, 0.2) is 6.20 Å². The zero-order chi connectivity index (χ0) is 12.3. The molecule has 0 saturated heterocycles. The molecule has 0 aliphatic carbocycles. The Morgan fingerprint density at radius 3 is 2.56 bits per heavy atom. The van der Waals surface area contributed by atoms with Crippen LogP contribution in [-0.2, 0) is 6.54 Å². The third-order valence-corrected chi connectivity index (χ3v) is 1.72. The SMILES string of the molecule is NCc1ncc(C=O)c(N)c1OC(F)(F)F. The molecule has 88 valence electrons. The molecule has 16 heavy (non-hydrogen) atoms. The van der Waals surface area contributed by atoms with E-state index in [-0.39, 0.29) is 24.1 Å². The lowest BCUT2D eigenvalue weighted by atomic mass is 10.2. The smallest absolute Gasteiger partial charge is 0.402 e. The highest BCUT2D eigenvalue weighted by Crippen LogP contribution is 2.32. The van der Waals surface area contributed by atoms with E-state index in [1.54, 1.807) is 0 Å². The average molecular weight is 235 g/mol. The Bertz CT molecular complexity index is 406. The van der Waals surface area contributed by atoms with Gasteiger partial charge in [-0.3, -0.25) is 9.78 Å². The number of carbonyl (C=O) groups excluding carboxylic acids is 1. The molecule has 1 aromatic heterocycles. The van der Waals surface area contributed by atoms with Crippen molar-refractivity contribution < 1.29 is 22.7 Å². The minimum atomic E-state index is -4.92. The van der Waals surface area contributed by atoms with Crippen molar-refractivity contribution in [3.8, 4) is 5.75 Å². The molecule has 0 aliphatic heterocycles. The molecule has 0 amide bonds. The lowest BCUT2D eigenvalue weighted by molar-refractivity contribution is -0.274. The summed E-state index contributed by atoms with van der Waals surface area (Å²) in [6.45, 7) is -0.283. The molecule has 0 aliphatic rings. The van der Waals surface area contributed by atoms with Crippen LogP contribution in [0.5, 0.6) is 5.75 Å². The summed E-state index contributed by atoms with van der Waals surface area (Å²) >= 11 is 0. The first kappa shape index (κ1) is 12.2. The molecule has 1 heterocycles. The number of pyridine rings is 1. The van der Waals surface area contributed by atoms with Crippen molar-refractivity contribution >= 4 is 12.0 Å². The minimum absolute atomic E-state index is 0.166. The van der Waals surface area contributed by atoms with Crippen LogP contribution in [0.4, 0.5) is 18.9 Å². The lowest BCUT2D eigenvalue weighted by Crippen LogP contribution is -2.21. The Morgan fingerprint density at radius 2 is 2.12 bits per heavy atom. The number of anilines is 1. The molecular formula is C8H8F3N3O2. The number of rotatable bonds is 3. The van der Waals surface area contributed by atoms with Crippen LogP contribution >= 0.6 is 0 Å². The van der Waals surface area contributed by atoms with Crippen molar-refractivity contribution in [2.45, 2.75) is 12.9 Å².